The highest BCUT2D eigenvalue weighted by molar-refractivity contribution is 6.30. The van der Waals surface area contributed by atoms with Crippen LogP contribution in [0.5, 0.6) is 0 Å². The lowest BCUT2D eigenvalue weighted by molar-refractivity contribution is 0.480. The van der Waals surface area contributed by atoms with Crippen molar-refractivity contribution < 1.29 is 4.42 Å². The third kappa shape index (κ3) is 2.27. The second-order valence-electron chi connectivity index (χ2n) is 3.55. The largest absolute Gasteiger partial charge is 0.459 e. The van der Waals surface area contributed by atoms with Crippen LogP contribution in [0.4, 0.5) is 0 Å². The van der Waals surface area contributed by atoms with Crippen molar-refractivity contribution in [1.29, 1.82) is 0 Å². The summed E-state index contributed by atoms with van der Waals surface area (Å²) in [4.78, 5) is 0. The number of rotatable bonds is 3. The molecular weight excluding hydrogens is 224 g/mol. The monoisotopic (exact) mass is 236 g/mol. The molecule has 0 saturated carbocycles. The molecule has 0 aliphatic rings. The fraction of sp³-hybridized carbons (Fsp3) is 0.167. The summed E-state index contributed by atoms with van der Waals surface area (Å²) in [6.07, 6.45) is 0. The highest BCUT2D eigenvalue weighted by atomic mass is 35.5. The van der Waals surface area contributed by atoms with Crippen LogP contribution in [0.1, 0.15) is 11.8 Å². The van der Waals surface area contributed by atoms with Crippen LogP contribution in [0.25, 0.3) is 11.3 Å². The van der Waals surface area contributed by atoms with Crippen molar-refractivity contribution in [1.82, 2.24) is 0 Å². The van der Waals surface area contributed by atoms with Gasteiger partial charge in [-0.05, 0) is 24.3 Å². The van der Waals surface area contributed by atoms with E-state index < -0.39 is 0 Å². The minimum atomic E-state index is -0.257. The molecule has 16 heavy (non-hydrogen) atoms. The van der Waals surface area contributed by atoms with Crippen molar-refractivity contribution in [2.45, 2.75) is 6.04 Å². The lowest BCUT2D eigenvalue weighted by atomic mass is 10.2. The van der Waals surface area contributed by atoms with Crippen LogP contribution in [-0.4, -0.2) is 6.54 Å². The lowest BCUT2D eigenvalue weighted by Crippen LogP contribution is -2.19. The van der Waals surface area contributed by atoms with Gasteiger partial charge in [0.05, 0.1) is 6.04 Å². The molecule has 1 unspecified atom stereocenters. The Morgan fingerprint density at radius 1 is 1.25 bits per heavy atom. The van der Waals surface area contributed by atoms with E-state index in [2.05, 4.69) is 0 Å². The molecule has 4 N–H and O–H groups in total. The van der Waals surface area contributed by atoms with E-state index in [0.29, 0.717) is 17.3 Å². The van der Waals surface area contributed by atoms with E-state index >= 15 is 0 Å². The van der Waals surface area contributed by atoms with Crippen molar-refractivity contribution in [3.63, 3.8) is 0 Å². The minimum absolute atomic E-state index is 0.257. The molecule has 0 saturated heterocycles. The van der Waals surface area contributed by atoms with Crippen LogP contribution in [-0.2, 0) is 0 Å². The van der Waals surface area contributed by atoms with Gasteiger partial charge >= 0.3 is 0 Å². The summed E-state index contributed by atoms with van der Waals surface area (Å²) in [5.41, 5.74) is 12.2. The van der Waals surface area contributed by atoms with Gasteiger partial charge in [0.15, 0.2) is 0 Å². The Morgan fingerprint density at radius 2 is 2.06 bits per heavy atom. The third-order valence-electron chi connectivity index (χ3n) is 2.36. The van der Waals surface area contributed by atoms with Crippen LogP contribution < -0.4 is 11.5 Å². The van der Waals surface area contributed by atoms with E-state index in [9.17, 15) is 0 Å². The van der Waals surface area contributed by atoms with Gasteiger partial charge in [-0.15, -0.1) is 0 Å². The normalized spacial score (nSPS) is 12.7. The zero-order valence-corrected chi connectivity index (χ0v) is 9.45. The third-order valence-corrected chi connectivity index (χ3v) is 2.59. The lowest BCUT2D eigenvalue weighted by Gasteiger charge is -2.04. The minimum Gasteiger partial charge on any atom is -0.459 e. The Hall–Kier alpha value is -1.29. The Kier molecular flexibility index (Phi) is 3.29. The summed E-state index contributed by atoms with van der Waals surface area (Å²) in [7, 11) is 0. The summed E-state index contributed by atoms with van der Waals surface area (Å²) in [5, 5.41) is 0.679. The van der Waals surface area contributed by atoms with Gasteiger partial charge in [0, 0.05) is 17.1 Å². The molecule has 0 bridgehead atoms. The highest BCUT2D eigenvalue weighted by Crippen LogP contribution is 2.26. The Balaban J connectivity index is 2.31. The van der Waals surface area contributed by atoms with E-state index in [1.54, 1.807) is 0 Å². The Bertz CT molecular complexity index is 481. The average molecular weight is 237 g/mol. The molecular formula is C12H13ClN2O. The fourth-order valence-electron chi connectivity index (χ4n) is 1.47. The molecule has 0 radical (unpaired) electrons. The fourth-order valence-corrected chi connectivity index (χ4v) is 1.66. The average Bonchev–Trinajstić information content (AvgIpc) is 2.77. The number of hydrogen-bond acceptors (Lipinski definition) is 3. The van der Waals surface area contributed by atoms with E-state index in [1.807, 2.05) is 36.4 Å². The van der Waals surface area contributed by atoms with Gasteiger partial charge in [0.25, 0.3) is 0 Å². The van der Waals surface area contributed by atoms with Crippen molar-refractivity contribution in [2.24, 2.45) is 11.5 Å². The maximum Gasteiger partial charge on any atom is 0.134 e. The molecule has 1 aromatic carbocycles. The number of hydrogen-bond donors (Lipinski definition) is 2. The molecule has 2 aromatic rings. The summed E-state index contributed by atoms with van der Waals surface area (Å²) < 4.78 is 5.61. The Morgan fingerprint density at radius 3 is 2.75 bits per heavy atom. The molecule has 4 heteroatoms. The van der Waals surface area contributed by atoms with Gasteiger partial charge in [-0.3, -0.25) is 0 Å². The maximum atomic E-state index is 5.91. The predicted molar refractivity (Wildman–Crippen MR) is 65.1 cm³/mol. The van der Waals surface area contributed by atoms with E-state index in [0.717, 1.165) is 11.3 Å². The zero-order valence-electron chi connectivity index (χ0n) is 8.69. The van der Waals surface area contributed by atoms with Gasteiger partial charge in [0.2, 0.25) is 0 Å². The zero-order chi connectivity index (χ0) is 11.5. The van der Waals surface area contributed by atoms with Crippen molar-refractivity contribution in [3.05, 3.63) is 47.2 Å². The molecule has 0 aliphatic carbocycles. The van der Waals surface area contributed by atoms with E-state index in [-0.39, 0.29) is 6.04 Å². The standard InChI is InChI=1S/C12H13ClN2O/c13-9-3-1-2-8(6-9)11-4-5-12(16-11)10(15)7-14/h1-6,10H,7,14-15H2. The van der Waals surface area contributed by atoms with Gasteiger partial charge in [0.1, 0.15) is 11.5 Å². The van der Waals surface area contributed by atoms with Crippen molar-refractivity contribution in [2.75, 3.05) is 6.54 Å². The second kappa shape index (κ2) is 4.70. The smallest absolute Gasteiger partial charge is 0.134 e. The quantitative estimate of drug-likeness (QED) is 0.861. The van der Waals surface area contributed by atoms with E-state index in [1.165, 1.54) is 0 Å². The molecule has 1 atom stereocenters. The number of benzene rings is 1. The van der Waals surface area contributed by atoms with Crippen LogP contribution in [0.15, 0.2) is 40.8 Å². The van der Waals surface area contributed by atoms with Crippen LogP contribution in [0.3, 0.4) is 0 Å². The first-order valence-electron chi connectivity index (χ1n) is 5.02. The molecule has 0 spiro atoms. The summed E-state index contributed by atoms with van der Waals surface area (Å²) in [6, 6.07) is 10.9. The molecule has 0 aliphatic heterocycles. The number of halogens is 1. The van der Waals surface area contributed by atoms with Crippen LogP contribution >= 0.6 is 11.6 Å². The SMILES string of the molecule is NCC(N)c1ccc(-c2cccc(Cl)c2)o1. The van der Waals surface area contributed by atoms with Gasteiger partial charge in [-0.1, -0.05) is 23.7 Å². The van der Waals surface area contributed by atoms with Gasteiger partial charge in [-0.2, -0.15) is 0 Å². The molecule has 0 fully saturated rings. The van der Waals surface area contributed by atoms with Crippen LogP contribution in [0, 0.1) is 0 Å². The molecule has 3 nitrogen and oxygen atoms in total. The topological polar surface area (TPSA) is 65.2 Å². The summed E-state index contributed by atoms with van der Waals surface area (Å²) in [6.45, 7) is 0.364. The van der Waals surface area contributed by atoms with E-state index in [4.69, 9.17) is 27.5 Å². The molecule has 1 aromatic heterocycles. The first-order valence-corrected chi connectivity index (χ1v) is 5.40. The number of furan rings is 1. The first-order chi connectivity index (χ1) is 7.70. The molecule has 2 rings (SSSR count). The Labute approximate surface area is 99.0 Å². The van der Waals surface area contributed by atoms with Crippen LogP contribution in [0.2, 0.25) is 5.02 Å². The predicted octanol–water partition coefficient (Wildman–Crippen LogP) is 2.56. The summed E-state index contributed by atoms with van der Waals surface area (Å²) in [5.74, 6) is 1.44. The highest BCUT2D eigenvalue weighted by Gasteiger charge is 2.10. The van der Waals surface area contributed by atoms with Crippen molar-refractivity contribution >= 4 is 11.6 Å². The summed E-state index contributed by atoms with van der Waals surface area (Å²) >= 11 is 5.91. The number of nitrogens with two attached hydrogens (primary N) is 2. The molecule has 1 heterocycles. The second-order valence-corrected chi connectivity index (χ2v) is 3.99. The molecule has 84 valence electrons. The first kappa shape index (κ1) is 11.2. The van der Waals surface area contributed by atoms with Gasteiger partial charge < -0.3 is 15.9 Å². The van der Waals surface area contributed by atoms with Crippen molar-refractivity contribution in [3.8, 4) is 11.3 Å². The molecule has 0 amide bonds. The van der Waals surface area contributed by atoms with Gasteiger partial charge in [-0.25, -0.2) is 0 Å². The maximum absolute atomic E-state index is 5.91.